The van der Waals surface area contributed by atoms with E-state index in [1.165, 1.54) is 6.07 Å². The number of hydrogen-bond acceptors (Lipinski definition) is 1. The molecule has 1 amide bonds. The van der Waals surface area contributed by atoms with Crippen molar-refractivity contribution in [3.8, 4) is 0 Å². The molecule has 3 nitrogen and oxygen atoms in total. The third kappa shape index (κ3) is 3.95. The Morgan fingerprint density at radius 2 is 2.11 bits per heavy atom. The van der Waals surface area contributed by atoms with Crippen molar-refractivity contribution in [2.75, 3.05) is 0 Å². The van der Waals surface area contributed by atoms with Gasteiger partial charge in [-0.25, -0.2) is 4.39 Å². The fourth-order valence-corrected chi connectivity index (χ4v) is 1.90. The third-order valence-corrected chi connectivity index (χ3v) is 2.96. The molecule has 1 aromatic carbocycles. The van der Waals surface area contributed by atoms with Gasteiger partial charge in [-0.05, 0) is 29.7 Å². The smallest absolute Gasteiger partial charge is 0.220 e. The summed E-state index contributed by atoms with van der Waals surface area (Å²) >= 11 is 0. The maximum absolute atomic E-state index is 13.4. The molecule has 0 radical (unpaired) electrons. The fraction of sp³-hybridized carbons (Fsp3) is 0.267. The first-order chi connectivity index (χ1) is 9.15. The van der Waals surface area contributed by atoms with Crippen LogP contribution in [0.5, 0.6) is 0 Å². The van der Waals surface area contributed by atoms with Gasteiger partial charge in [0.2, 0.25) is 5.91 Å². The summed E-state index contributed by atoms with van der Waals surface area (Å²) in [5.74, 6) is -0.314. The van der Waals surface area contributed by atoms with Gasteiger partial charge in [0, 0.05) is 32.4 Å². The van der Waals surface area contributed by atoms with Crippen LogP contribution in [0.15, 0.2) is 42.7 Å². The lowest BCUT2D eigenvalue weighted by Gasteiger charge is -2.05. The van der Waals surface area contributed by atoms with Crippen molar-refractivity contribution in [2.45, 2.75) is 19.4 Å². The van der Waals surface area contributed by atoms with E-state index in [2.05, 4.69) is 5.32 Å². The minimum atomic E-state index is -0.252. The number of rotatable bonds is 5. The second-order valence-electron chi connectivity index (χ2n) is 4.55. The Kier molecular flexibility index (Phi) is 4.34. The van der Waals surface area contributed by atoms with Crippen LogP contribution in [-0.4, -0.2) is 10.5 Å². The molecule has 19 heavy (non-hydrogen) atoms. The number of halogens is 1. The van der Waals surface area contributed by atoms with Crippen molar-refractivity contribution in [2.24, 2.45) is 7.05 Å². The molecule has 0 spiro atoms. The highest BCUT2D eigenvalue weighted by Crippen LogP contribution is 2.08. The number of hydrogen-bond donors (Lipinski definition) is 1. The van der Waals surface area contributed by atoms with Crippen LogP contribution in [0.4, 0.5) is 4.39 Å². The number of benzene rings is 1. The summed E-state index contributed by atoms with van der Waals surface area (Å²) in [6.45, 7) is 0.511. The molecular weight excluding hydrogens is 243 g/mol. The van der Waals surface area contributed by atoms with Crippen molar-refractivity contribution in [3.63, 3.8) is 0 Å². The molecular formula is C15H17FN2O. The second kappa shape index (κ2) is 6.18. The summed E-state index contributed by atoms with van der Waals surface area (Å²) in [5, 5.41) is 2.83. The average molecular weight is 260 g/mol. The van der Waals surface area contributed by atoms with Gasteiger partial charge in [-0.15, -0.1) is 0 Å². The van der Waals surface area contributed by atoms with Crippen LogP contribution in [0.25, 0.3) is 0 Å². The second-order valence-corrected chi connectivity index (χ2v) is 4.55. The van der Waals surface area contributed by atoms with E-state index in [1.807, 2.05) is 30.1 Å². The summed E-state index contributed by atoms with van der Waals surface area (Å²) in [5.41, 5.74) is 1.64. The summed E-state index contributed by atoms with van der Waals surface area (Å²) in [4.78, 5) is 11.7. The summed E-state index contributed by atoms with van der Waals surface area (Å²) in [7, 11) is 1.93. The minimum absolute atomic E-state index is 0.0629. The highest BCUT2D eigenvalue weighted by atomic mass is 19.1. The van der Waals surface area contributed by atoms with Crippen LogP contribution < -0.4 is 5.32 Å². The van der Waals surface area contributed by atoms with Crippen molar-refractivity contribution >= 4 is 5.91 Å². The Morgan fingerprint density at radius 3 is 2.79 bits per heavy atom. The van der Waals surface area contributed by atoms with Crippen LogP contribution in [0.2, 0.25) is 0 Å². The zero-order chi connectivity index (χ0) is 13.7. The molecule has 0 aliphatic rings. The highest BCUT2D eigenvalue weighted by Gasteiger charge is 2.05. The van der Waals surface area contributed by atoms with E-state index in [9.17, 15) is 9.18 Å². The topological polar surface area (TPSA) is 34.0 Å². The fourth-order valence-electron chi connectivity index (χ4n) is 1.90. The molecule has 0 saturated heterocycles. The number of nitrogens with one attached hydrogen (secondary N) is 1. The van der Waals surface area contributed by atoms with Gasteiger partial charge in [0.05, 0.1) is 0 Å². The summed E-state index contributed by atoms with van der Waals surface area (Å²) in [6.07, 6.45) is 4.61. The Labute approximate surface area is 112 Å². The van der Waals surface area contributed by atoms with E-state index in [1.54, 1.807) is 18.2 Å². The van der Waals surface area contributed by atoms with Gasteiger partial charge >= 0.3 is 0 Å². The number of carbonyl (C=O) groups excluding carboxylic acids is 1. The predicted octanol–water partition coefficient (Wildman–Crippen LogP) is 2.41. The molecule has 0 aliphatic heterocycles. The zero-order valence-corrected chi connectivity index (χ0v) is 10.9. The van der Waals surface area contributed by atoms with Crippen LogP contribution >= 0.6 is 0 Å². The first kappa shape index (κ1) is 13.3. The Morgan fingerprint density at radius 1 is 1.32 bits per heavy atom. The maximum atomic E-state index is 13.4. The Bertz CT molecular complexity index is 563. The monoisotopic (exact) mass is 260 g/mol. The van der Waals surface area contributed by atoms with Gasteiger partial charge < -0.3 is 9.88 Å². The molecule has 1 N–H and O–H groups in total. The van der Waals surface area contributed by atoms with E-state index >= 15 is 0 Å². The lowest BCUT2D eigenvalue weighted by Crippen LogP contribution is -2.22. The maximum Gasteiger partial charge on any atom is 0.220 e. The van der Waals surface area contributed by atoms with Crippen molar-refractivity contribution < 1.29 is 9.18 Å². The molecule has 0 unspecified atom stereocenters. The molecule has 2 rings (SSSR count). The SMILES string of the molecule is Cn1ccc(CNC(=O)CCc2ccccc2F)c1. The van der Waals surface area contributed by atoms with Gasteiger partial charge in [0.25, 0.3) is 0 Å². The van der Waals surface area contributed by atoms with E-state index in [4.69, 9.17) is 0 Å². The Hall–Kier alpha value is -2.10. The Balaban J connectivity index is 1.77. The van der Waals surface area contributed by atoms with Gasteiger partial charge in [-0.1, -0.05) is 18.2 Å². The quantitative estimate of drug-likeness (QED) is 0.880. The molecule has 0 aliphatic carbocycles. The van der Waals surface area contributed by atoms with Crippen LogP contribution in [0, 0.1) is 5.82 Å². The van der Waals surface area contributed by atoms with E-state index in [-0.39, 0.29) is 11.7 Å². The first-order valence-corrected chi connectivity index (χ1v) is 6.26. The molecule has 0 saturated carbocycles. The van der Waals surface area contributed by atoms with Gasteiger partial charge in [0.15, 0.2) is 0 Å². The normalized spacial score (nSPS) is 10.4. The van der Waals surface area contributed by atoms with E-state index < -0.39 is 0 Å². The van der Waals surface area contributed by atoms with Gasteiger partial charge in [-0.3, -0.25) is 4.79 Å². The number of carbonyl (C=O) groups is 1. The standard InChI is InChI=1S/C15H17FN2O/c1-18-9-8-12(11-18)10-17-15(19)7-6-13-4-2-3-5-14(13)16/h2-5,8-9,11H,6-7,10H2,1H3,(H,17,19). The third-order valence-electron chi connectivity index (χ3n) is 2.96. The van der Waals surface area contributed by atoms with Gasteiger partial charge in [0.1, 0.15) is 5.82 Å². The average Bonchev–Trinajstić information content (AvgIpc) is 2.81. The van der Waals surface area contributed by atoms with Gasteiger partial charge in [-0.2, -0.15) is 0 Å². The largest absolute Gasteiger partial charge is 0.357 e. The van der Waals surface area contributed by atoms with Crippen LogP contribution in [-0.2, 0) is 24.8 Å². The molecule has 100 valence electrons. The number of amides is 1. The summed E-state index contributed by atoms with van der Waals surface area (Å²) in [6, 6.07) is 8.50. The zero-order valence-electron chi connectivity index (χ0n) is 10.9. The lowest BCUT2D eigenvalue weighted by atomic mass is 10.1. The first-order valence-electron chi connectivity index (χ1n) is 6.26. The van der Waals surface area contributed by atoms with Crippen molar-refractivity contribution in [3.05, 3.63) is 59.7 Å². The summed E-state index contributed by atoms with van der Waals surface area (Å²) < 4.78 is 15.3. The predicted molar refractivity (Wildman–Crippen MR) is 72.0 cm³/mol. The molecule has 2 aromatic rings. The number of aromatic nitrogens is 1. The van der Waals surface area contributed by atoms with E-state index in [0.29, 0.717) is 24.9 Å². The number of aryl methyl sites for hydroxylation is 2. The van der Waals surface area contributed by atoms with Crippen LogP contribution in [0.3, 0.4) is 0 Å². The molecule has 4 heteroatoms. The number of nitrogens with zero attached hydrogens (tertiary/aromatic N) is 1. The molecule has 1 aromatic heterocycles. The minimum Gasteiger partial charge on any atom is -0.357 e. The molecule has 0 bridgehead atoms. The lowest BCUT2D eigenvalue weighted by molar-refractivity contribution is -0.121. The van der Waals surface area contributed by atoms with E-state index in [0.717, 1.165) is 5.56 Å². The highest BCUT2D eigenvalue weighted by molar-refractivity contribution is 5.76. The van der Waals surface area contributed by atoms with Crippen LogP contribution in [0.1, 0.15) is 17.5 Å². The van der Waals surface area contributed by atoms with Crippen molar-refractivity contribution in [1.29, 1.82) is 0 Å². The van der Waals surface area contributed by atoms with Crippen molar-refractivity contribution in [1.82, 2.24) is 9.88 Å². The molecule has 0 atom stereocenters. The molecule has 1 heterocycles. The molecule has 0 fully saturated rings.